The molecule has 3 N–H and O–H groups in total. The fourth-order valence-corrected chi connectivity index (χ4v) is 1.55. The molecule has 0 fully saturated rings. The van der Waals surface area contributed by atoms with Crippen LogP contribution in [0.2, 0.25) is 0 Å². The Kier molecular flexibility index (Phi) is 5.83. The van der Waals surface area contributed by atoms with Gasteiger partial charge >= 0.3 is 0 Å². The number of hydrogen-bond acceptors (Lipinski definition) is 4. The number of halogens is 1. The van der Waals surface area contributed by atoms with Crippen molar-refractivity contribution in [1.82, 2.24) is 9.97 Å². The molecule has 17 heavy (non-hydrogen) atoms. The van der Waals surface area contributed by atoms with E-state index < -0.39 is 0 Å². The molecular weight excluding hydrogens is 219 g/mol. The Hall–Kier alpha value is -1.23. The molecule has 4 nitrogen and oxygen atoms in total. The van der Waals surface area contributed by atoms with Crippen molar-refractivity contribution in [2.24, 2.45) is 11.7 Å². The van der Waals surface area contributed by atoms with Gasteiger partial charge in [-0.3, -0.25) is 0 Å². The van der Waals surface area contributed by atoms with Gasteiger partial charge in [0.05, 0.1) is 5.69 Å². The van der Waals surface area contributed by atoms with Crippen LogP contribution in [0.4, 0.5) is 10.2 Å². The number of nitrogens with zero attached hydrogens (tertiary/aromatic N) is 2. The van der Waals surface area contributed by atoms with Crippen LogP contribution in [0.25, 0.3) is 0 Å². The highest BCUT2D eigenvalue weighted by Gasteiger charge is 2.08. The molecule has 1 aromatic heterocycles. The first-order valence-electron chi connectivity index (χ1n) is 6.12. The van der Waals surface area contributed by atoms with Crippen LogP contribution in [0.5, 0.6) is 0 Å². The van der Waals surface area contributed by atoms with Gasteiger partial charge in [-0.25, -0.2) is 14.4 Å². The van der Waals surface area contributed by atoms with Crippen LogP contribution in [0.1, 0.15) is 32.4 Å². The molecule has 0 amide bonds. The van der Waals surface area contributed by atoms with E-state index in [-0.39, 0.29) is 5.82 Å². The predicted molar refractivity (Wildman–Crippen MR) is 67.3 cm³/mol. The number of rotatable bonds is 7. The van der Waals surface area contributed by atoms with Crippen LogP contribution < -0.4 is 11.1 Å². The summed E-state index contributed by atoms with van der Waals surface area (Å²) in [4.78, 5) is 7.79. The van der Waals surface area contributed by atoms with Gasteiger partial charge in [0.1, 0.15) is 6.33 Å². The quantitative estimate of drug-likeness (QED) is 0.715. The van der Waals surface area contributed by atoms with E-state index in [4.69, 9.17) is 5.73 Å². The van der Waals surface area contributed by atoms with Gasteiger partial charge in [0.2, 0.25) is 0 Å². The highest BCUT2D eigenvalue weighted by molar-refractivity contribution is 5.37. The average Bonchev–Trinajstić information content (AvgIpc) is 2.36. The fraction of sp³-hybridized carbons (Fsp3) is 0.667. The van der Waals surface area contributed by atoms with Gasteiger partial charge in [0.25, 0.3) is 0 Å². The minimum absolute atomic E-state index is 0.303. The second-order valence-electron chi connectivity index (χ2n) is 4.25. The van der Waals surface area contributed by atoms with Gasteiger partial charge in [-0.1, -0.05) is 13.8 Å². The summed E-state index contributed by atoms with van der Waals surface area (Å²) < 4.78 is 13.7. The Morgan fingerprint density at radius 1 is 1.47 bits per heavy atom. The summed E-state index contributed by atoms with van der Waals surface area (Å²) >= 11 is 0. The van der Waals surface area contributed by atoms with E-state index in [1.807, 2.05) is 6.92 Å². The van der Waals surface area contributed by atoms with E-state index >= 15 is 0 Å². The van der Waals surface area contributed by atoms with E-state index in [1.54, 1.807) is 0 Å². The smallest absolute Gasteiger partial charge is 0.186 e. The normalized spacial score (nSPS) is 12.5. The van der Waals surface area contributed by atoms with Crippen molar-refractivity contribution in [2.75, 3.05) is 18.4 Å². The third-order valence-electron chi connectivity index (χ3n) is 2.77. The Morgan fingerprint density at radius 3 is 2.88 bits per heavy atom. The summed E-state index contributed by atoms with van der Waals surface area (Å²) in [5.41, 5.74) is 5.98. The lowest BCUT2D eigenvalue weighted by Crippen LogP contribution is -2.13. The second-order valence-corrected chi connectivity index (χ2v) is 4.25. The fourth-order valence-electron chi connectivity index (χ4n) is 1.55. The number of nitrogens with one attached hydrogen (secondary N) is 1. The standard InChI is InChI=1S/C12H21FN4/c1-3-10-11(13)12(17-8-16-10)15-6-4-5-9(2)7-14/h8-9H,3-7,14H2,1-2H3,(H,15,16,17). The molecule has 5 heteroatoms. The second kappa shape index (κ2) is 7.17. The van der Waals surface area contributed by atoms with Crippen molar-refractivity contribution >= 4 is 5.82 Å². The van der Waals surface area contributed by atoms with E-state index in [1.165, 1.54) is 6.33 Å². The molecule has 1 heterocycles. The molecule has 0 saturated heterocycles. The van der Waals surface area contributed by atoms with Crippen LogP contribution >= 0.6 is 0 Å². The number of aryl methyl sites for hydroxylation is 1. The van der Waals surface area contributed by atoms with Crippen LogP contribution in [0.3, 0.4) is 0 Å². The first kappa shape index (κ1) is 13.8. The molecule has 0 bridgehead atoms. The Balaban J connectivity index is 2.41. The Bertz CT molecular complexity index is 343. The average molecular weight is 240 g/mol. The van der Waals surface area contributed by atoms with Crippen molar-refractivity contribution in [3.63, 3.8) is 0 Å². The lowest BCUT2D eigenvalue weighted by molar-refractivity contribution is 0.528. The molecule has 0 radical (unpaired) electrons. The van der Waals surface area contributed by atoms with Crippen molar-refractivity contribution < 1.29 is 4.39 Å². The number of nitrogens with two attached hydrogens (primary N) is 1. The number of hydrogen-bond donors (Lipinski definition) is 2. The van der Waals surface area contributed by atoms with Crippen molar-refractivity contribution in [1.29, 1.82) is 0 Å². The summed E-state index contributed by atoms with van der Waals surface area (Å²) in [6.07, 6.45) is 3.97. The zero-order valence-electron chi connectivity index (χ0n) is 10.5. The first-order chi connectivity index (χ1) is 8.19. The molecule has 0 aliphatic rings. The number of anilines is 1. The summed E-state index contributed by atoms with van der Waals surface area (Å²) in [5, 5.41) is 3.00. The first-order valence-corrected chi connectivity index (χ1v) is 6.12. The maximum Gasteiger partial charge on any atom is 0.186 e. The molecule has 96 valence electrons. The van der Waals surface area contributed by atoms with Crippen molar-refractivity contribution in [2.45, 2.75) is 33.1 Å². The van der Waals surface area contributed by atoms with Crippen molar-refractivity contribution in [3.8, 4) is 0 Å². The van der Waals surface area contributed by atoms with Crippen LogP contribution in [0.15, 0.2) is 6.33 Å². The SMILES string of the molecule is CCc1ncnc(NCCCC(C)CN)c1F. The Morgan fingerprint density at radius 2 is 2.24 bits per heavy atom. The number of aromatic nitrogens is 2. The topological polar surface area (TPSA) is 63.8 Å². The molecule has 1 rings (SSSR count). The zero-order chi connectivity index (χ0) is 12.7. The maximum atomic E-state index is 13.7. The lowest BCUT2D eigenvalue weighted by Gasteiger charge is -2.10. The highest BCUT2D eigenvalue weighted by atomic mass is 19.1. The summed E-state index contributed by atoms with van der Waals surface area (Å²) in [6, 6.07) is 0. The van der Waals surface area contributed by atoms with E-state index in [0.29, 0.717) is 36.9 Å². The summed E-state index contributed by atoms with van der Waals surface area (Å²) in [5.74, 6) is 0.484. The molecule has 0 aliphatic heterocycles. The van der Waals surface area contributed by atoms with E-state index in [9.17, 15) is 4.39 Å². The lowest BCUT2D eigenvalue weighted by atomic mass is 10.1. The van der Waals surface area contributed by atoms with E-state index in [2.05, 4.69) is 22.2 Å². The molecule has 0 aliphatic carbocycles. The van der Waals surface area contributed by atoms with Gasteiger partial charge in [-0.2, -0.15) is 0 Å². The third kappa shape index (κ3) is 4.26. The Labute approximate surface area is 102 Å². The van der Waals surface area contributed by atoms with Gasteiger partial charge in [-0.15, -0.1) is 0 Å². The van der Waals surface area contributed by atoms with Gasteiger partial charge in [0, 0.05) is 6.54 Å². The van der Waals surface area contributed by atoms with Crippen LogP contribution in [-0.2, 0) is 6.42 Å². The highest BCUT2D eigenvalue weighted by Crippen LogP contribution is 2.13. The minimum atomic E-state index is -0.332. The van der Waals surface area contributed by atoms with Crippen LogP contribution in [0, 0.1) is 11.7 Å². The summed E-state index contributed by atoms with van der Waals surface area (Å²) in [7, 11) is 0. The van der Waals surface area contributed by atoms with Crippen molar-refractivity contribution in [3.05, 3.63) is 17.8 Å². The maximum absolute atomic E-state index is 13.7. The van der Waals surface area contributed by atoms with Gasteiger partial charge < -0.3 is 11.1 Å². The molecule has 0 aromatic carbocycles. The predicted octanol–water partition coefficient (Wildman–Crippen LogP) is 1.97. The zero-order valence-corrected chi connectivity index (χ0v) is 10.5. The molecule has 1 atom stereocenters. The monoisotopic (exact) mass is 240 g/mol. The largest absolute Gasteiger partial charge is 0.368 e. The molecule has 1 unspecified atom stereocenters. The van der Waals surface area contributed by atoms with E-state index in [0.717, 1.165) is 12.8 Å². The van der Waals surface area contributed by atoms with Gasteiger partial charge in [-0.05, 0) is 31.7 Å². The third-order valence-corrected chi connectivity index (χ3v) is 2.77. The van der Waals surface area contributed by atoms with Gasteiger partial charge in [0.15, 0.2) is 11.6 Å². The molecular formula is C12H21FN4. The minimum Gasteiger partial charge on any atom is -0.368 e. The molecule has 0 spiro atoms. The van der Waals surface area contributed by atoms with Crippen LogP contribution in [-0.4, -0.2) is 23.1 Å². The summed E-state index contributed by atoms with van der Waals surface area (Å²) in [6.45, 7) is 5.39. The molecule has 1 aromatic rings. The molecule has 0 saturated carbocycles.